The minimum Gasteiger partial charge on any atom is -0.508 e. The van der Waals surface area contributed by atoms with Gasteiger partial charge in [-0.05, 0) is 23.1 Å². The standard InChI is InChI=1S/C19H17NO5/c1-2-12-13(8-16-18(19(23)24)20-10-25-16)17(15(22)9-14(12)21)11-6-4-3-5-7-11/h3-7,9-10,21-22H,2,8H2,1H3,(H,23,24). The van der Waals surface area contributed by atoms with Crippen LogP contribution in [-0.4, -0.2) is 26.3 Å². The summed E-state index contributed by atoms with van der Waals surface area (Å²) in [4.78, 5) is 15.0. The predicted octanol–water partition coefficient (Wildman–Crippen LogP) is 3.60. The first-order valence-corrected chi connectivity index (χ1v) is 7.80. The zero-order chi connectivity index (χ0) is 18.0. The first-order valence-electron chi connectivity index (χ1n) is 7.80. The summed E-state index contributed by atoms with van der Waals surface area (Å²) >= 11 is 0. The Morgan fingerprint density at radius 1 is 1.12 bits per heavy atom. The van der Waals surface area contributed by atoms with Crippen molar-refractivity contribution in [3.8, 4) is 22.6 Å². The molecule has 6 nitrogen and oxygen atoms in total. The van der Waals surface area contributed by atoms with E-state index < -0.39 is 5.97 Å². The summed E-state index contributed by atoms with van der Waals surface area (Å²) in [6.07, 6.45) is 1.68. The second-order valence-corrected chi connectivity index (χ2v) is 5.57. The third kappa shape index (κ3) is 3.06. The van der Waals surface area contributed by atoms with Crippen LogP contribution >= 0.6 is 0 Å². The molecule has 0 atom stereocenters. The van der Waals surface area contributed by atoms with Crippen LogP contribution in [0, 0.1) is 0 Å². The average molecular weight is 339 g/mol. The fourth-order valence-corrected chi connectivity index (χ4v) is 3.00. The Hall–Kier alpha value is -3.28. The zero-order valence-corrected chi connectivity index (χ0v) is 13.6. The molecule has 0 saturated heterocycles. The molecule has 128 valence electrons. The lowest BCUT2D eigenvalue weighted by molar-refractivity contribution is 0.0689. The number of rotatable bonds is 5. The van der Waals surface area contributed by atoms with E-state index in [1.54, 1.807) is 0 Å². The molecule has 0 amide bonds. The monoisotopic (exact) mass is 339 g/mol. The lowest BCUT2D eigenvalue weighted by atomic mass is 9.89. The van der Waals surface area contributed by atoms with Gasteiger partial charge in [0.05, 0.1) is 0 Å². The number of aromatic hydroxyl groups is 2. The van der Waals surface area contributed by atoms with Crippen molar-refractivity contribution in [3.05, 3.63) is 65.4 Å². The number of nitrogens with zero attached hydrogens (tertiary/aromatic N) is 1. The molecular weight excluding hydrogens is 322 g/mol. The second-order valence-electron chi connectivity index (χ2n) is 5.57. The molecule has 0 aliphatic rings. The molecule has 3 N–H and O–H groups in total. The van der Waals surface area contributed by atoms with Crippen molar-refractivity contribution in [2.45, 2.75) is 19.8 Å². The van der Waals surface area contributed by atoms with E-state index in [-0.39, 0.29) is 29.4 Å². The third-order valence-electron chi connectivity index (χ3n) is 4.10. The van der Waals surface area contributed by atoms with Crippen LogP contribution in [0.2, 0.25) is 0 Å². The molecule has 0 bridgehead atoms. The summed E-state index contributed by atoms with van der Waals surface area (Å²) in [7, 11) is 0. The van der Waals surface area contributed by atoms with E-state index in [4.69, 9.17) is 4.42 Å². The minimum absolute atomic E-state index is 0.0360. The normalized spacial score (nSPS) is 10.8. The van der Waals surface area contributed by atoms with Crippen molar-refractivity contribution in [3.63, 3.8) is 0 Å². The molecule has 1 aromatic heterocycles. The highest BCUT2D eigenvalue weighted by Crippen LogP contribution is 2.40. The molecule has 1 heterocycles. The number of aromatic carboxylic acids is 1. The molecule has 0 radical (unpaired) electrons. The fraction of sp³-hybridized carbons (Fsp3) is 0.158. The lowest BCUT2D eigenvalue weighted by Crippen LogP contribution is -2.05. The molecule has 0 aliphatic carbocycles. The van der Waals surface area contributed by atoms with Gasteiger partial charge in [-0.15, -0.1) is 0 Å². The third-order valence-corrected chi connectivity index (χ3v) is 4.10. The topological polar surface area (TPSA) is 104 Å². The highest BCUT2D eigenvalue weighted by Gasteiger charge is 2.23. The number of carboxylic acids is 1. The quantitative estimate of drug-likeness (QED) is 0.656. The van der Waals surface area contributed by atoms with E-state index in [2.05, 4.69) is 4.98 Å². The number of hydrogen-bond acceptors (Lipinski definition) is 5. The van der Waals surface area contributed by atoms with Crippen LogP contribution in [0.15, 0.2) is 47.2 Å². The lowest BCUT2D eigenvalue weighted by Gasteiger charge is -2.17. The van der Waals surface area contributed by atoms with Gasteiger partial charge in [0.15, 0.2) is 12.1 Å². The van der Waals surface area contributed by atoms with Crippen molar-refractivity contribution in [2.75, 3.05) is 0 Å². The SMILES string of the molecule is CCc1c(O)cc(O)c(-c2ccccc2)c1Cc1ocnc1C(=O)O. The van der Waals surface area contributed by atoms with Gasteiger partial charge < -0.3 is 19.7 Å². The summed E-state index contributed by atoms with van der Waals surface area (Å²) < 4.78 is 5.24. The van der Waals surface area contributed by atoms with Crippen LogP contribution in [0.3, 0.4) is 0 Å². The molecule has 0 saturated carbocycles. The molecule has 0 spiro atoms. The van der Waals surface area contributed by atoms with Crippen LogP contribution in [0.5, 0.6) is 11.5 Å². The second kappa shape index (κ2) is 6.68. The van der Waals surface area contributed by atoms with Gasteiger partial charge in [-0.1, -0.05) is 37.3 Å². The molecule has 0 unspecified atom stereocenters. The van der Waals surface area contributed by atoms with E-state index in [0.717, 1.165) is 12.0 Å². The van der Waals surface area contributed by atoms with Crippen LogP contribution in [0.25, 0.3) is 11.1 Å². The van der Waals surface area contributed by atoms with Crippen LogP contribution < -0.4 is 0 Å². The maximum absolute atomic E-state index is 11.3. The Labute approximate surface area is 144 Å². The predicted molar refractivity (Wildman–Crippen MR) is 90.9 cm³/mol. The molecule has 3 aromatic rings. The molecule has 2 aromatic carbocycles. The van der Waals surface area contributed by atoms with Crippen molar-refractivity contribution < 1.29 is 24.5 Å². The fourth-order valence-electron chi connectivity index (χ4n) is 3.00. The number of carbonyl (C=O) groups is 1. The van der Waals surface area contributed by atoms with Gasteiger partial charge in [-0.2, -0.15) is 0 Å². The van der Waals surface area contributed by atoms with Gasteiger partial charge in [0, 0.05) is 18.1 Å². The van der Waals surface area contributed by atoms with Crippen molar-refractivity contribution in [1.82, 2.24) is 4.98 Å². The molecular formula is C19H17NO5. The number of phenols is 2. The van der Waals surface area contributed by atoms with Crippen molar-refractivity contribution in [1.29, 1.82) is 0 Å². The van der Waals surface area contributed by atoms with Crippen LogP contribution in [0.1, 0.15) is 34.3 Å². The van der Waals surface area contributed by atoms with Gasteiger partial charge in [0.1, 0.15) is 17.3 Å². The zero-order valence-electron chi connectivity index (χ0n) is 13.6. The Bertz CT molecular complexity index is 915. The highest BCUT2D eigenvalue weighted by molar-refractivity contribution is 5.86. The van der Waals surface area contributed by atoms with E-state index in [1.165, 1.54) is 6.07 Å². The van der Waals surface area contributed by atoms with E-state index in [9.17, 15) is 20.1 Å². The number of phenolic OH excluding ortho intramolecular Hbond substituents is 2. The van der Waals surface area contributed by atoms with E-state index in [1.807, 2.05) is 37.3 Å². The Balaban J connectivity index is 2.23. The van der Waals surface area contributed by atoms with Gasteiger partial charge >= 0.3 is 5.97 Å². The molecule has 25 heavy (non-hydrogen) atoms. The smallest absolute Gasteiger partial charge is 0.358 e. The molecule has 3 rings (SSSR count). The van der Waals surface area contributed by atoms with Gasteiger partial charge in [-0.25, -0.2) is 9.78 Å². The number of oxazole rings is 1. The maximum atomic E-state index is 11.3. The van der Waals surface area contributed by atoms with Crippen molar-refractivity contribution in [2.24, 2.45) is 0 Å². The van der Waals surface area contributed by atoms with E-state index >= 15 is 0 Å². The molecule has 6 heteroatoms. The number of carboxylic acid groups (broad SMARTS) is 1. The average Bonchev–Trinajstić information content (AvgIpc) is 3.04. The largest absolute Gasteiger partial charge is 0.508 e. The Morgan fingerprint density at radius 3 is 2.48 bits per heavy atom. The summed E-state index contributed by atoms with van der Waals surface area (Å²) in [5.41, 5.74) is 2.38. The first kappa shape index (κ1) is 16.6. The first-order chi connectivity index (χ1) is 12.0. The van der Waals surface area contributed by atoms with Gasteiger partial charge in [0.25, 0.3) is 0 Å². The molecule has 0 aliphatic heterocycles. The van der Waals surface area contributed by atoms with Crippen LogP contribution in [0.4, 0.5) is 0 Å². The number of aromatic nitrogens is 1. The summed E-state index contributed by atoms with van der Waals surface area (Å²) in [6, 6.07) is 10.5. The van der Waals surface area contributed by atoms with Gasteiger partial charge in [0.2, 0.25) is 0 Å². The summed E-state index contributed by atoms with van der Waals surface area (Å²) in [5, 5.41) is 29.9. The van der Waals surface area contributed by atoms with Gasteiger partial charge in [-0.3, -0.25) is 0 Å². The minimum atomic E-state index is -1.19. The summed E-state index contributed by atoms with van der Waals surface area (Å²) in [5.74, 6) is -1.13. The number of benzene rings is 2. The maximum Gasteiger partial charge on any atom is 0.358 e. The Kier molecular flexibility index (Phi) is 4.43. The highest BCUT2D eigenvalue weighted by atomic mass is 16.4. The number of hydrogen-bond donors (Lipinski definition) is 3. The summed E-state index contributed by atoms with van der Waals surface area (Å²) in [6.45, 7) is 1.88. The Morgan fingerprint density at radius 2 is 1.84 bits per heavy atom. The van der Waals surface area contributed by atoms with E-state index in [0.29, 0.717) is 23.1 Å². The van der Waals surface area contributed by atoms with Crippen molar-refractivity contribution >= 4 is 5.97 Å². The molecule has 0 fully saturated rings. The van der Waals surface area contributed by atoms with Crippen LogP contribution in [-0.2, 0) is 12.8 Å².